The number of nitrogens with zero attached hydrogens (tertiary/aromatic N) is 2. The zero-order chi connectivity index (χ0) is 24.3. The first-order chi connectivity index (χ1) is 15.4. The maximum Gasteiger partial charge on any atom is 0.412 e. The summed E-state index contributed by atoms with van der Waals surface area (Å²) < 4.78 is 20.6. The number of aromatic nitrogens is 2. The van der Waals surface area contributed by atoms with Crippen LogP contribution >= 0.6 is 0 Å². The molecule has 2 amide bonds. The number of carbonyl (C=O) groups is 2. The molecule has 0 spiro atoms. The Morgan fingerprint density at radius 2 is 1.76 bits per heavy atom. The molecule has 174 valence electrons. The standard InChI is InChI=1S/C24H27FN4O4/c1-14(2)13-29-22(31)17-9-7-6-8-16(17)20(28-29)21(30)26-15-10-11-18(25)19(12-15)27-23(32)33-24(3,4)5/h6-12,14H,13H2,1-5H3,(H,26,30)(H,27,32). The van der Waals surface area contributed by atoms with E-state index in [2.05, 4.69) is 15.7 Å². The van der Waals surface area contributed by atoms with E-state index in [1.807, 2.05) is 13.8 Å². The molecule has 0 saturated heterocycles. The van der Waals surface area contributed by atoms with Gasteiger partial charge in [-0.1, -0.05) is 32.0 Å². The second-order valence-electron chi connectivity index (χ2n) is 9.05. The highest BCUT2D eigenvalue weighted by atomic mass is 19.1. The molecule has 1 heterocycles. The fourth-order valence-corrected chi connectivity index (χ4v) is 3.18. The van der Waals surface area contributed by atoms with Crippen LogP contribution in [0.5, 0.6) is 0 Å². The van der Waals surface area contributed by atoms with Crippen LogP contribution in [0.2, 0.25) is 0 Å². The Bertz CT molecular complexity index is 1260. The first-order valence-corrected chi connectivity index (χ1v) is 10.6. The van der Waals surface area contributed by atoms with Crippen LogP contribution in [0.3, 0.4) is 0 Å². The first-order valence-electron chi connectivity index (χ1n) is 10.6. The minimum atomic E-state index is -0.821. The fourth-order valence-electron chi connectivity index (χ4n) is 3.18. The molecular weight excluding hydrogens is 427 g/mol. The van der Waals surface area contributed by atoms with E-state index in [1.54, 1.807) is 45.0 Å². The highest BCUT2D eigenvalue weighted by molar-refractivity contribution is 6.11. The van der Waals surface area contributed by atoms with E-state index in [0.29, 0.717) is 17.3 Å². The van der Waals surface area contributed by atoms with Gasteiger partial charge in [0.25, 0.3) is 11.5 Å². The fraction of sp³-hybridized carbons (Fsp3) is 0.333. The number of fused-ring (bicyclic) bond motifs is 1. The summed E-state index contributed by atoms with van der Waals surface area (Å²) in [6.07, 6.45) is -0.821. The number of nitrogens with one attached hydrogen (secondary N) is 2. The number of ether oxygens (including phenoxy) is 1. The lowest BCUT2D eigenvalue weighted by molar-refractivity contribution is 0.0635. The molecule has 0 aliphatic carbocycles. The largest absolute Gasteiger partial charge is 0.444 e. The average Bonchev–Trinajstić information content (AvgIpc) is 2.71. The summed E-state index contributed by atoms with van der Waals surface area (Å²) in [6, 6.07) is 10.5. The highest BCUT2D eigenvalue weighted by Crippen LogP contribution is 2.22. The number of rotatable bonds is 5. The van der Waals surface area contributed by atoms with Crippen molar-refractivity contribution in [1.82, 2.24) is 9.78 Å². The zero-order valence-electron chi connectivity index (χ0n) is 19.2. The summed E-state index contributed by atoms with van der Waals surface area (Å²) in [5.41, 5.74) is -0.874. The lowest BCUT2D eigenvalue weighted by atomic mass is 10.1. The van der Waals surface area contributed by atoms with Crippen molar-refractivity contribution in [2.75, 3.05) is 10.6 Å². The summed E-state index contributed by atoms with van der Waals surface area (Å²) in [6.45, 7) is 9.31. The van der Waals surface area contributed by atoms with Gasteiger partial charge in [-0.3, -0.25) is 14.9 Å². The number of anilines is 2. The molecule has 0 radical (unpaired) electrons. The van der Waals surface area contributed by atoms with Crippen molar-refractivity contribution in [3.05, 3.63) is 64.3 Å². The summed E-state index contributed by atoms with van der Waals surface area (Å²) in [5.74, 6) is -1.11. The molecule has 0 unspecified atom stereocenters. The van der Waals surface area contributed by atoms with Crippen molar-refractivity contribution in [3.8, 4) is 0 Å². The molecular formula is C24H27FN4O4. The van der Waals surface area contributed by atoms with E-state index >= 15 is 0 Å². The molecule has 2 N–H and O–H groups in total. The highest BCUT2D eigenvalue weighted by Gasteiger charge is 2.20. The summed E-state index contributed by atoms with van der Waals surface area (Å²) in [7, 11) is 0. The Morgan fingerprint density at radius 3 is 2.39 bits per heavy atom. The zero-order valence-corrected chi connectivity index (χ0v) is 19.2. The van der Waals surface area contributed by atoms with Crippen molar-refractivity contribution >= 4 is 34.1 Å². The molecule has 3 rings (SSSR count). The SMILES string of the molecule is CC(C)Cn1nc(C(=O)Nc2ccc(F)c(NC(=O)OC(C)(C)C)c2)c2ccccc2c1=O. The van der Waals surface area contributed by atoms with Crippen LogP contribution in [0, 0.1) is 11.7 Å². The number of hydrogen-bond donors (Lipinski definition) is 2. The number of benzene rings is 2. The topological polar surface area (TPSA) is 102 Å². The Kier molecular flexibility index (Phi) is 6.81. The second kappa shape index (κ2) is 9.40. The Hall–Kier alpha value is -3.75. The van der Waals surface area contributed by atoms with E-state index in [0.717, 1.165) is 6.07 Å². The molecule has 1 aromatic heterocycles. The van der Waals surface area contributed by atoms with Gasteiger partial charge in [-0.2, -0.15) is 5.10 Å². The quantitative estimate of drug-likeness (QED) is 0.577. The summed E-state index contributed by atoms with van der Waals surface area (Å²) >= 11 is 0. The van der Waals surface area contributed by atoms with Gasteiger partial charge in [-0.05, 0) is 51.0 Å². The number of carbonyl (C=O) groups excluding carboxylic acids is 2. The van der Waals surface area contributed by atoms with Crippen LogP contribution in [0.1, 0.15) is 45.1 Å². The Labute approximate surface area is 190 Å². The predicted octanol–water partition coefficient (Wildman–Crippen LogP) is 4.79. The maximum atomic E-state index is 14.2. The molecule has 3 aromatic rings. The lowest BCUT2D eigenvalue weighted by Crippen LogP contribution is -2.29. The van der Waals surface area contributed by atoms with E-state index in [1.165, 1.54) is 16.8 Å². The normalized spacial score (nSPS) is 11.5. The lowest BCUT2D eigenvalue weighted by Gasteiger charge is -2.20. The molecule has 9 heteroatoms. The smallest absolute Gasteiger partial charge is 0.412 e. The molecule has 0 aliphatic rings. The minimum absolute atomic E-state index is 0.0665. The molecule has 8 nitrogen and oxygen atoms in total. The molecule has 0 atom stereocenters. The molecule has 33 heavy (non-hydrogen) atoms. The van der Waals surface area contributed by atoms with Gasteiger partial charge < -0.3 is 10.1 Å². The van der Waals surface area contributed by atoms with Gasteiger partial charge in [0.2, 0.25) is 0 Å². The summed E-state index contributed by atoms with van der Waals surface area (Å²) in [5, 5.41) is 10.1. The van der Waals surface area contributed by atoms with Gasteiger partial charge in [0.05, 0.1) is 11.1 Å². The third kappa shape index (κ3) is 5.94. The number of hydrogen-bond acceptors (Lipinski definition) is 5. The van der Waals surface area contributed by atoms with Gasteiger partial charge in [0, 0.05) is 17.6 Å². The van der Waals surface area contributed by atoms with E-state index in [-0.39, 0.29) is 28.5 Å². The molecule has 0 fully saturated rings. The molecule has 2 aromatic carbocycles. The van der Waals surface area contributed by atoms with Crippen molar-refractivity contribution < 1.29 is 18.7 Å². The van der Waals surface area contributed by atoms with Crippen LogP contribution in [-0.4, -0.2) is 27.4 Å². The molecule has 0 aliphatic heterocycles. The van der Waals surface area contributed by atoms with E-state index in [4.69, 9.17) is 4.74 Å². The second-order valence-corrected chi connectivity index (χ2v) is 9.05. The van der Waals surface area contributed by atoms with Gasteiger partial charge in [0.15, 0.2) is 5.69 Å². The van der Waals surface area contributed by atoms with Crippen LogP contribution in [-0.2, 0) is 11.3 Å². The number of amides is 2. The third-order valence-electron chi connectivity index (χ3n) is 4.48. The van der Waals surface area contributed by atoms with Crippen LogP contribution < -0.4 is 16.2 Å². The Balaban J connectivity index is 1.92. The van der Waals surface area contributed by atoms with Crippen LogP contribution in [0.15, 0.2) is 47.3 Å². The van der Waals surface area contributed by atoms with Crippen LogP contribution in [0.25, 0.3) is 10.8 Å². The molecule has 0 bridgehead atoms. The Morgan fingerprint density at radius 1 is 1.09 bits per heavy atom. The minimum Gasteiger partial charge on any atom is -0.444 e. The van der Waals surface area contributed by atoms with Gasteiger partial charge in [0.1, 0.15) is 11.4 Å². The third-order valence-corrected chi connectivity index (χ3v) is 4.48. The van der Waals surface area contributed by atoms with Gasteiger partial charge in [-0.15, -0.1) is 0 Å². The van der Waals surface area contributed by atoms with Crippen LogP contribution in [0.4, 0.5) is 20.6 Å². The number of halogens is 1. The maximum absolute atomic E-state index is 14.2. The van der Waals surface area contributed by atoms with Crippen molar-refractivity contribution in [3.63, 3.8) is 0 Å². The average molecular weight is 455 g/mol. The molecule has 0 saturated carbocycles. The van der Waals surface area contributed by atoms with Gasteiger partial charge >= 0.3 is 6.09 Å². The van der Waals surface area contributed by atoms with Crippen molar-refractivity contribution in [1.29, 1.82) is 0 Å². The van der Waals surface area contributed by atoms with Crippen molar-refractivity contribution in [2.24, 2.45) is 5.92 Å². The predicted molar refractivity (Wildman–Crippen MR) is 125 cm³/mol. The first kappa shape index (κ1) is 23.9. The van der Waals surface area contributed by atoms with Gasteiger partial charge in [-0.25, -0.2) is 13.9 Å². The monoisotopic (exact) mass is 454 g/mol. The van der Waals surface area contributed by atoms with Crippen molar-refractivity contribution in [2.45, 2.75) is 46.8 Å². The summed E-state index contributed by atoms with van der Waals surface area (Å²) in [4.78, 5) is 37.9. The van der Waals surface area contributed by atoms with E-state index < -0.39 is 23.4 Å². The van der Waals surface area contributed by atoms with E-state index in [9.17, 15) is 18.8 Å².